The zero-order valence-corrected chi connectivity index (χ0v) is 11.6. The third-order valence-electron chi connectivity index (χ3n) is 2.59. The maximum Gasteiger partial charge on any atom is 0.193 e. The number of aromatic nitrogens is 3. The molecule has 0 aliphatic heterocycles. The SMILES string of the molecule is C/C=C/CCNC(=NC)N(C)Cc1ncnn1C. The molecule has 0 unspecified atom stereocenters. The molecule has 6 heteroatoms. The van der Waals surface area contributed by atoms with Crippen LogP contribution in [0.2, 0.25) is 0 Å². The molecule has 0 fully saturated rings. The molecular weight excluding hydrogens is 228 g/mol. The lowest BCUT2D eigenvalue weighted by Gasteiger charge is -2.21. The molecule has 1 aromatic heterocycles. The molecule has 6 nitrogen and oxygen atoms in total. The fourth-order valence-corrected chi connectivity index (χ4v) is 1.57. The summed E-state index contributed by atoms with van der Waals surface area (Å²) in [7, 11) is 5.66. The van der Waals surface area contributed by atoms with Crippen LogP contribution in [0.3, 0.4) is 0 Å². The molecule has 0 radical (unpaired) electrons. The lowest BCUT2D eigenvalue weighted by Crippen LogP contribution is -2.39. The van der Waals surface area contributed by atoms with Gasteiger partial charge in [-0.15, -0.1) is 0 Å². The summed E-state index contributed by atoms with van der Waals surface area (Å²) in [6.07, 6.45) is 6.73. The predicted molar refractivity (Wildman–Crippen MR) is 73.3 cm³/mol. The third kappa shape index (κ3) is 4.20. The lowest BCUT2D eigenvalue weighted by molar-refractivity contribution is 0.449. The minimum absolute atomic E-state index is 0.680. The predicted octanol–water partition coefficient (Wildman–Crippen LogP) is 0.788. The van der Waals surface area contributed by atoms with E-state index in [-0.39, 0.29) is 0 Å². The first-order valence-corrected chi connectivity index (χ1v) is 6.04. The van der Waals surface area contributed by atoms with Gasteiger partial charge in [0.15, 0.2) is 5.96 Å². The summed E-state index contributed by atoms with van der Waals surface area (Å²) in [4.78, 5) is 10.5. The molecule has 0 saturated heterocycles. The molecule has 0 spiro atoms. The topological polar surface area (TPSA) is 58.3 Å². The van der Waals surface area contributed by atoms with Gasteiger partial charge in [-0.2, -0.15) is 5.10 Å². The molecule has 18 heavy (non-hydrogen) atoms. The number of aliphatic imine (C=N–C) groups is 1. The first-order chi connectivity index (χ1) is 8.69. The van der Waals surface area contributed by atoms with Crippen LogP contribution in [0.25, 0.3) is 0 Å². The molecule has 100 valence electrons. The van der Waals surface area contributed by atoms with Gasteiger partial charge in [0.2, 0.25) is 0 Å². The van der Waals surface area contributed by atoms with E-state index in [0.717, 1.165) is 24.7 Å². The Bertz CT molecular complexity index is 406. The minimum Gasteiger partial charge on any atom is -0.356 e. The Morgan fingerprint density at radius 3 is 2.94 bits per heavy atom. The average molecular weight is 250 g/mol. The average Bonchev–Trinajstić information content (AvgIpc) is 2.75. The quantitative estimate of drug-likeness (QED) is 0.363. The second kappa shape index (κ2) is 7.47. The number of guanidine groups is 1. The highest BCUT2D eigenvalue weighted by Gasteiger charge is 2.08. The second-order valence-electron chi connectivity index (χ2n) is 3.99. The molecule has 0 amide bonds. The van der Waals surface area contributed by atoms with Crippen LogP contribution in [0, 0.1) is 0 Å². The third-order valence-corrected chi connectivity index (χ3v) is 2.59. The van der Waals surface area contributed by atoms with E-state index in [1.54, 1.807) is 18.1 Å². The summed E-state index contributed by atoms with van der Waals surface area (Å²) in [6, 6.07) is 0. The van der Waals surface area contributed by atoms with Gasteiger partial charge in [0.1, 0.15) is 12.2 Å². The monoisotopic (exact) mass is 250 g/mol. The van der Waals surface area contributed by atoms with Crippen LogP contribution in [0.4, 0.5) is 0 Å². The summed E-state index contributed by atoms with van der Waals surface area (Å²) < 4.78 is 1.77. The highest BCUT2D eigenvalue weighted by molar-refractivity contribution is 5.79. The zero-order chi connectivity index (χ0) is 13.4. The molecule has 1 N–H and O–H groups in total. The number of hydrogen-bond acceptors (Lipinski definition) is 3. The van der Waals surface area contributed by atoms with Crippen molar-refractivity contribution in [3.05, 3.63) is 24.3 Å². The van der Waals surface area contributed by atoms with Crippen molar-refractivity contribution in [1.82, 2.24) is 25.0 Å². The van der Waals surface area contributed by atoms with Crippen LogP contribution in [0.15, 0.2) is 23.5 Å². The highest BCUT2D eigenvalue weighted by Crippen LogP contribution is 1.97. The molecule has 1 rings (SSSR count). The molecule has 0 atom stereocenters. The van der Waals surface area contributed by atoms with Crippen LogP contribution < -0.4 is 5.32 Å². The largest absolute Gasteiger partial charge is 0.356 e. The summed E-state index contributed by atoms with van der Waals surface area (Å²) in [5.74, 6) is 1.77. The maximum absolute atomic E-state index is 4.25. The number of nitrogens with one attached hydrogen (secondary N) is 1. The van der Waals surface area contributed by atoms with E-state index in [2.05, 4.69) is 26.5 Å². The Kier molecular flexibility index (Phi) is 5.90. The van der Waals surface area contributed by atoms with E-state index in [0.29, 0.717) is 6.54 Å². The van der Waals surface area contributed by atoms with Gasteiger partial charge in [-0.25, -0.2) is 4.98 Å². The molecule has 1 aromatic rings. The van der Waals surface area contributed by atoms with E-state index in [1.165, 1.54) is 0 Å². The molecule has 0 bridgehead atoms. The molecule has 0 aliphatic rings. The van der Waals surface area contributed by atoms with Crippen molar-refractivity contribution >= 4 is 5.96 Å². The van der Waals surface area contributed by atoms with Gasteiger partial charge < -0.3 is 10.2 Å². The highest BCUT2D eigenvalue weighted by atomic mass is 15.4. The van der Waals surface area contributed by atoms with Crippen LogP contribution in [-0.4, -0.2) is 46.3 Å². The van der Waals surface area contributed by atoms with Crippen molar-refractivity contribution in [3.63, 3.8) is 0 Å². The van der Waals surface area contributed by atoms with Gasteiger partial charge in [-0.05, 0) is 13.3 Å². The first-order valence-electron chi connectivity index (χ1n) is 6.04. The van der Waals surface area contributed by atoms with Gasteiger partial charge in [0.25, 0.3) is 0 Å². The number of aryl methyl sites for hydroxylation is 1. The number of allylic oxidation sites excluding steroid dienone is 1. The van der Waals surface area contributed by atoms with Gasteiger partial charge in [-0.1, -0.05) is 12.2 Å². The van der Waals surface area contributed by atoms with Crippen molar-refractivity contribution in [2.45, 2.75) is 19.9 Å². The van der Waals surface area contributed by atoms with Crippen molar-refractivity contribution in [2.24, 2.45) is 12.0 Å². The van der Waals surface area contributed by atoms with Crippen molar-refractivity contribution < 1.29 is 0 Å². The zero-order valence-electron chi connectivity index (χ0n) is 11.6. The fraction of sp³-hybridized carbons (Fsp3) is 0.583. The van der Waals surface area contributed by atoms with Crippen molar-refractivity contribution in [2.75, 3.05) is 20.6 Å². The molecule has 0 aromatic carbocycles. The number of rotatable bonds is 5. The van der Waals surface area contributed by atoms with E-state index in [9.17, 15) is 0 Å². The molecular formula is C12H22N6. The molecule has 1 heterocycles. The number of hydrogen-bond donors (Lipinski definition) is 1. The second-order valence-corrected chi connectivity index (χ2v) is 3.99. The maximum atomic E-state index is 4.25. The Morgan fingerprint density at radius 2 is 2.39 bits per heavy atom. The Labute approximate surface area is 108 Å². The van der Waals surface area contributed by atoms with Gasteiger partial charge >= 0.3 is 0 Å². The van der Waals surface area contributed by atoms with Crippen LogP contribution in [0.1, 0.15) is 19.2 Å². The smallest absolute Gasteiger partial charge is 0.193 e. The number of nitrogens with zero attached hydrogens (tertiary/aromatic N) is 5. The lowest BCUT2D eigenvalue weighted by atomic mass is 10.4. The van der Waals surface area contributed by atoms with Gasteiger partial charge in [0, 0.05) is 27.7 Å². The van der Waals surface area contributed by atoms with E-state index < -0.39 is 0 Å². The normalized spacial score (nSPS) is 12.1. The van der Waals surface area contributed by atoms with E-state index in [1.807, 2.05) is 32.0 Å². The van der Waals surface area contributed by atoms with E-state index in [4.69, 9.17) is 0 Å². The van der Waals surface area contributed by atoms with Gasteiger partial charge in [-0.3, -0.25) is 9.67 Å². The van der Waals surface area contributed by atoms with Crippen molar-refractivity contribution in [3.8, 4) is 0 Å². The fourth-order valence-electron chi connectivity index (χ4n) is 1.57. The Balaban J connectivity index is 2.47. The van der Waals surface area contributed by atoms with E-state index >= 15 is 0 Å². The van der Waals surface area contributed by atoms with Crippen LogP contribution in [0.5, 0.6) is 0 Å². The van der Waals surface area contributed by atoms with Crippen molar-refractivity contribution in [1.29, 1.82) is 0 Å². The molecule has 0 aliphatic carbocycles. The minimum atomic E-state index is 0.680. The Hall–Kier alpha value is -1.85. The first kappa shape index (κ1) is 14.2. The standard InChI is InChI=1S/C12H22N6/c1-5-6-7-8-14-12(13-2)17(3)9-11-15-10-16-18(11)4/h5-6,10H,7-9H2,1-4H3,(H,13,14)/b6-5+. The summed E-state index contributed by atoms with van der Waals surface area (Å²) in [6.45, 7) is 3.58. The Morgan fingerprint density at radius 1 is 1.61 bits per heavy atom. The van der Waals surface area contributed by atoms with Crippen LogP contribution in [-0.2, 0) is 13.6 Å². The molecule has 0 saturated carbocycles. The van der Waals surface area contributed by atoms with Crippen LogP contribution >= 0.6 is 0 Å². The summed E-state index contributed by atoms with van der Waals surface area (Å²) in [5.41, 5.74) is 0. The summed E-state index contributed by atoms with van der Waals surface area (Å²) in [5, 5.41) is 7.35. The van der Waals surface area contributed by atoms with Gasteiger partial charge in [0.05, 0.1) is 6.54 Å². The summed E-state index contributed by atoms with van der Waals surface area (Å²) >= 11 is 0.